The summed E-state index contributed by atoms with van der Waals surface area (Å²) < 4.78 is 5.56. The first-order chi connectivity index (χ1) is 8.34. The van der Waals surface area contributed by atoms with E-state index in [0.717, 1.165) is 24.9 Å². The summed E-state index contributed by atoms with van der Waals surface area (Å²) in [6.45, 7) is 5.03. The first-order valence-electron chi connectivity index (χ1n) is 6.10. The molecule has 1 aliphatic rings. The van der Waals surface area contributed by atoms with Gasteiger partial charge in [0.1, 0.15) is 0 Å². The zero-order chi connectivity index (χ0) is 11.9. The fraction of sp³-hybridized carbons (Fsp3) is 0.667. The summed E-state index contributed by atoms with van der Waals surface area (Å²) in [6, 6.07) is 1.84. The van der Waals surface area contributed by atoms with E-state index in [-0.39, 0.29) is 0 Å². The SMILES string of the molecule is CC(CNCC1CCCO1)Sc1ncccn1. The number of aromatic nitrogens is 2. The van der Waals surface area contributed by atoms with Crippen molar-refractivity contribution < 1.29 is 4.74 Å². The second-order valence-electron chi connectivity index (χ2n) is 4.25. The molecule has 2 unspecified atom stereocenters. The third-order valence-electron chi connectivity index (χ3n) is 2.68. The zero-order valence-electron chi connectivity index (χ0n) is 10.1. The van der Waals surface area contributed by atoms with Crippen molar-refractivity contribution in [3.05, 3.63) is 18.5 Å². The molecule has 0 amide bonds. The lowest BCUT2D eigenvalue weighted by Gasteiger charge is -2.14. The molecule has 2 atom stereocenters. The van der Waals surface area contributed by atoms with Crippen LogP contribution in [0.4, 0.5) is 0 Å². The molecule has 0 bridgehead atoms. The van der Waals surface area contributed by atoms with Gasteiger partial charge in [0.05, 0.1) is 6.10 Å². The largest absolute Gasteiger partial charge is 0.377 e. The van der Waals surface area contributed by atoms with Gasteiger partial charge in [-0.1, -0.05) is 18.7 Å². The van der Waals surface area contributed by atoms with Crippen LogP contribution in [0.2, 0.25) is 0 Å². The predicted molar refractivity (Wildman–Crippen MR) is 69.2 cm³/mol. The third-order valence-corrected chi connectivity index (χ3v) is 3.67. The van der Waals surface area contributed by atoms with Gasteiger partial charge in [0.25, 0.3) is 0 Å². The van der Waals surface area contributed by atoms with Gasteiger partial charge >= 0.3 is 0 Å². The van der Waals surface area contributed by atoms with Gasteiger partial charge in [-0.25, -0.2) is 9.97 Å². The Hall–Kier alpha value is -0.650. The molecule has 1 fully saturated rings. The van der Waals surface area contributed by atoms with Crippen LogP contribution in [0.1, 0.15) is 19.8 Å². The second kappa shape index (κ2) is 6.93. The highest BCUT2D eigenvalue weighted by molar-refractivity contribution is 7.99. The quantitative estimate of drug-likeness (QED) is 0.618. The van der Waals surface area contributed by atoms with Crippen LogP contribution in [0.3, 0.4) is 0 Å². The van der Waals surface area contributed by atoms with E-state index < -0.39 is 0 Å². The van der Waals surface area contributed by atoms with Crippen LogP contribution in [-0.4, -0.2) is 41.0 Å². The fourth-order valence-corrected chi connectivity index (χ4v) is 2.63. The van der Waals surface area contributed by atoms with E-state index in [1.54, 1.807) is 24.2 Å². The van der Waals surface area contributed by atoms with Crippen molar-refractivity contribution in [3.63, 3.8) is 0 Å². The van der Waals surface area contributed by atoms with Gasteiger partial charge in [-0.15, -0.1) is 0 Å². The van der Waals surface area contributed by atoms with E-state index in [2.05, 4.69) is 22.2 Å². The highest BCUT2D eigenvalue weighted by atomic mass is 32.2. The summed E-state index contributed by atoms with van der Waals surface area (Å²) in [4.78, 5) is 8.41. The number of ether oxygens (including phenoxy) is 1. The maximum absolute atomic E-state index is 5.56. The molecule has 1 aromatic heterocycles. The van der Waals surface area contributed by atoms with Gasteiger partial charge in [0.2, 0.25) is 0 Å². The monoisotopic (exact) mass is 253 g/mol. The maximum atomic E-state index is 5.56. The van der Waals surface area contributed by atoms with Crippen molar-refractivity contribution in [1.82, 2.24) is 15.3 Å². The Morgan fingerprint density at radius 1 is 1.53 bits per heavy atom. The van der Waals surface area contributed by atoms with Crippen molar-refractivity contribution >= 4 is 11.8 Å². The molecule has 17 heavy (non-hydrogen) atoms. The lowest BCUT2D eigenvalue weighted by Crippen LogP contribution is -2.30. The summed E-state index contributed by atoms with van der Waals surface area (Å²) in [5, 5.41) is 4.76. The smallest absolute Gasteiger partial charge is 0.187 e. The molecule has 0 aromatic carbocycles. The molecular formula is C12H19N3OS. The molecule has 0 saturated carbocycles. The number of nitrogens with zero attached hydrogens (tertiary/aromatic N) is 2. The standard InChI is InChI=1S/C12H19N3OS/c1-10(17-12-14-5-3-6-15-12)8-13-9-11-4-2-7-16-11/h3,5-6,10-11,13H,2,4,7-9H2,1H3. The van der Waals surface area contributed by atoms with Crippen molar-refractivity contribution in [3.8, 4) is 0 Å². The highest BCUT2D eigenvalue weighted by Gasteiger charge is 2.15. The van der Waals surface area contributed by atoms with Crippen molar-refractivity contribution in [2.75, 3.05) is 19.7 Å². The van der Waals surface area contributed by atoms with Crippen molar-refractivity contribution in [1.29, 1.82) is 0 Å². The molecule has 1 aliphatic heterocycles. The maximum Gasteiger partial charge on any atom is 0.187 e. The highest BCUT2D eigenvalue weighted by Crippen LogP contribution is 2.17. The second-order valence-corrected chi connectivity index (χ2v) is 5.66. The number of thioether (sulfide) groups is 1. The average Bonchev–Trinajstić information content (AvgIpc) is 2.83. The molecule has 1 saturated heterocycles. The van der Waals surface area contributed by atoms with E-state index in [9.17, 15) is 0 Å². The Bertz CT molecular complexity index is 317. The summed E-state index contributed by atoms with van der Waals surface area (Å²) in [6.07, 6.45) is 6.37. The number of nitrogens with one attached hydrogen (secondary N) is 1. The van der Waals surface area contributed by atoms with E-state index in [0.29, 0.717) is 11.4 Å². The third kappa shape index (κ3) is 4.61. The minimum atomic E-state index is 0.417. The molecule has 4 nitrogen and oxygen atoms in total. The first-order valence-corrected chi connectivity index (χ1v) is 6.98. The topological polar surface area (TPSA) is 47.0 Å². The lowest BCUT2D eigenvalue weighted by atomic mass is 10.2. The summed E-state index contributed by atoms with van der Waals surface area (Å²) in [5.41, 5.74) is 0. The van der Waals surface area contributed by atoms with Gasteiger partial charge in [0.15, 0.2) is 5.16 Å². The van der Waals surface area contributed by atoms with Crippen LogP contribution in [0, 0.1) is 0 Å². The first kappa shape index (κ1) is 12.8. The lowest BCUT2D eigenvalue weighted by molar-refractivity contribution is 0.110. The van der Waals surface area contributed by atoms with E-state index >= 15 is 0 Å². The zero-order valence-corrected chi connectivity index (χ0v) is 10.9. The molecule has 1 N–H and O–H groups in total. The van der Waals surface area contributed by atoms with E-state index in [4.69, 9.17) is 4.74 Å². The van der Waals surface area contributed by atoms with E-state index in [1.807, 2.05) is 6.07 Å². The van der Waals surface area contributed by atoms with Crippen LogP contribution in [0.15, 0.2) is 23.6 Å². The summed E-state index contributed by atoms with van der Waals surface area (Å²) in [5.74, 6) is 0. The molecule has 0 spiro atoms. The summed E-state index contributed by atoms with van der Waals surface area (Å²) >= 11 is 1.70. The predicted octanol–water partition coefficient (Wildman–Crippen LogP) is 1.73. The van der Waals surface area contributed by atoms with Crippen molar-refractivity contribution in [2.45, 2.75) is 36.3 Å². The van der Waals surface area contributed by atoms with E-state index in [1.165, 1.54) is 12.8 Å². The van der Waals surface area contributed by atoms with Gasteiger partial charge in [0, 0.05) is 37.3 Å². The van der Waals surface area contributed by atoms with Crippen molar-refractivity contribution in [2.24, 2.45) is 0 Å². The summed E-state index contributed by atoms with van der Waals surface area (Å²) in [7, 11) is 0. The minimum absolute atomic E-state index is 0.417. The Balaban J connectivity index is 1.62. The molecule has 2 rings (SSSR count). The Morgan fingerprint density at radius 3 is 3.06 bits per heavy atom. The van der Waals surface area contributed by atoms with Crippen LogP contribution in [0.5, 0.6) is 0 Å². The van der Waals surface area contributed by atoms with Crippen LogP contribution in [0.25, 0.3) is 0 Å². The number of hydrogen-bond acceptors (Lipinski definition) is 5. The number of rotatable bonds is 6. The Kier molecular flexibility index (Phi) is 5.22. The molecule has 5 heteroatoms. The molecule has 0 aliphatic carbocycles. The normalized spacial score (nSPS) is 21.6. The minimum Gasteiger partial charge on any atom is -0.377 e. The molecular weight excluding hydrogens is 234 g/mol. The number of hydrogen-bond donors (Lipinski definition) is 1. The molecule has 2 heterocycles. The fourth-order valence-electron chi connectivity index (χ4n) is 1.82. The molecule has 94 valence electrons. The van der Waals surface area contributed by atoms with Gasteiger partial charge in [-0.2, -0.15) is 0 Å². The van der Waals surface area contributed by atoms with Crippen LogP contribution in [-0.2, 0) is 4.74 Å². The van der Waals surface area contributed by atoms with Crippen LogP contribution < -0.4 is 5.32 Å². The van der Waals surface area contributed by atoms with Gasteiger partial charge < -0.3 is 10.1 Å². The molecule has 1 aromatic rings. The average molecular weight is 253 g/mol. The van der Waals surface area contributed by atoms with Crippen LogP contribution >= 0.6 is 11.8 Å². The van der Waals surface area contributed by atoms with Gasteiger partial charge in [-0.05, 0) is 18.9 Å². The van der Waals surface area contributed by atoms with Gasteiger partial charge in [-0.3, -0.25) is 0 Å². The molecule has 0 radical (unpaired) electrons. The Morgan fingerprint density at radius 2 is 2.35 bits per heavy atom. The Labute approximate surface area is 107 Å².